The summed E-state index contributed by atoms with van der Waals surface area (Å²) in [7, 11) is 0. The van der Waals surface area contributed by atoms with Crippen LogP contribution in [0.5, 0.6) is 5.75 Å². The Balaban J connectivity index is 1.40. The molecular weight excluding hydrogens is 542 g/mol. The number of hydrogen-bond donors (Lipinski definition) is 5. The van der Waals surface area contributed by atoms with E-state index in [4.69, 9.17) is 14.9 Å². The summed E-state index contributed by atoms with van der Waals surface area (Å²) in [5.74, 6) is -1.74. The summed E-state index contributed by atoms with van der Waals surface area (Å²) in [5, 5.41) is 24.2. The Labute approximate surface area is 241 Å². The van der Waals surface area contributed by atoms with Gasteiger partial charge in [0.2, 0.25) is 6.79 Å². The minimum absolute atomic E-state index is 0.0247. The van der Waals surface area contributed by atoms with Gasteiger partial charge in [-0.1, -0.05) is 6.07 Å². The van der Waals surface area contributed by atoms with Crippen molar-refractivity contribution in [2.24, 2.45) is 0 Å². The average molecular weight is 574 g/mol. The number of H-pyrrole nitrogens is 1. The van der Waals surface area contributed by atoms with Crippen LogP contribution in [-0.4, -0.2) is 58.7 Å². The highest BCUT2D eigenvalue weighted by Crippen LogP contribution is 2.28. The molecule has 0 bridgehead atoms. The number of aromatic amines is 1. The molecule has 0 radical (unpaired) electrons. The molecule has 0 aliphatic heterocycles. The second-order valence-corrected chi connectivity index (χ2v) is 10.4. The third-order valence-electron chi connectivity index (χ3n) is 7.04. The van der Waals surface area contributed by atoms with Crippen molar-refractivity contribution in [2.75, 3.05) is 11.7 Å². The maximum absolute atomic E-state index is 13.5. The predicted molar refractivity (Wildman–Crippen MR) is 152 cm³/mol. The third kappa shape index (κ3) is 6.43. The van der Waals surface area contributed by atoms with Crippen LogP contribution in [0.4, 0.5) is 10.5 Å². The zero-order valence-electron chi connectivity index (χ0n) is 23.2. The number of aromatic hydroxyl groups is 1. The van der Waals surface area contributed by atoms with Crippen LogP contribution in [0, 0.1) is 19.3 Å². The van der Waals surface area contributed by atoms with Crippen molar-refractivity contribution in [3.05, 3.63) is 82.2 Å². The van der Waals surface area contributed by atoms with Gasteiger partial charge in [-0.05, 0) is 87.1 Å². The lowest BCUT2D eigenvalue weighted by molar-refractivity contribution is 0.0000914. The van der Waals surface area contributed by atoms with Crippen molar-refractivity contribution < 1.29 is 33.8 Å². The molecule has 5 rings (SSSR count). The summed E-state index contributed by atoms with van der Waals surface area (Å²) in [4.78, 5) is 55.2. The SMILES string of the molecule is Cc1ccc(C(=O)NC2CC2)cc1N(C(=N)c1[nH]cc(C(=O)NC2CC2)c1C)C(=O)OCOC(=O)c1ccc(O)cc1. The number of aryl methyl sites for hydroxylation is 1. The van der Waals surface area contributed by atoms with E-state index in [9.17, 15) is 24.3 Å². The number of carbonyl (C=O) groups excluding carboxylic acids is 4. The van der Waals surface area contributed by atoms with Gasteiger partial charge in [0.15, 0.2) is 5.84 Å². The normalized spacial score (nSPS) is 14.0. The Morgan fingerprint density at radius 3 is 2.19 bits per heavy atom. The lowest BCUT2D eigenvalue weighted by Gasteiger charge is -2.25. The van der Waals surface area contributed by atoms with E-state index < -0.39 is 18.9 Å². The summed E-state index contributed by atoms with van der Waals surface area (Å²) >= 11 is 0. The van der Waals surface area contributed by atoms with Crippen LogP contribution in [0.1, 0.15) is 73.6 Å². The zero-order valence-corrected chi connectivity index (χ0v) is 23.2. The first-order chi connectivity index (χ1) is 20.1. The Morgan fingerprint density at radius 1 is 0.929 bits per heavy atom. The summed E-state index contributed by atoms with van der Waals surface area (Å²) < 4.78 is 10.3. The number of phenolic OH excluding ortho intramolecular Hbond substituents is 1. The highest BCUT2D eigenvalue weighted by molar-refractivity contribution is 6.21. The standard InChI is InChI=1S/C30H31N5O7/c1-16-3-4-19(27(37)33-20-7-8-20)13-24(16)35(30(40)42-15-41-29(39)18-5-11-22(36)12-6-18)26(31)25-17(2)23(14-32-25)28(38)34-21-9-10-21/h3-6,11-14,20-21,31-32,36H,7-10,15H2,1-2H3,(H,33,37)(H,34,38). The van der Waals surface area contributed by atoms with Crippen LogP contribution in [0.15, 0.2) is 48.7 Å². The maximum atomic E-state index is 13.5. The average Bonchev–Trinajstić information content (AvgIpc) is 3.90. The molecule has 5 N–H and O–H groups in total. The Kier molecular flexibility index (Phi) is 7.96. The van der Waals surface area contributed by atoms with Crippen molar-refractivity contribution in [1.82, 2.24) is 15.6 Å². The van der Waals surface area contributed by atoms with Crippen molar-refractivity contribution in [2.45, 2.75) is 51.6 Å². The van der Waals surface area contributed by atoms with Crippen LogP contribution < -0.4 is 15.5 Å². The molecule has 12 nitrogen and oxygen atoms in total. The topological polar surface area (TPSA) is 174 Å². The third-order valence-corrected chi connectivity index (χ3v) is 7.04. The van der Waals surface area contributed by atoms with Gasteiger partial charge in [-0.25, -0.2) is 14.5 Å². The summed E-state index contributed by atoms with van der Waals surface area (Å²) in [5.41, 5.74) is 2.19. The molecule has 2 aliphatic rings. The van der Waals surface area contributed by atoms with Crippen molar-refractivity contribution in [1.29, 1.82) is 5.41 Å². The molecule has 0 unspecified atom stereocenters. The van der Waals surface area contributed by atoms with Gasteiger partial charge in [0, 0.05) is 23.8 Å². The first kappa shape index (κ1) is 28.4. The minimum atomic E-state index is -1.04. The fraction of sp³-hybridized carbons (Fsp3) is 0.300. The number of amidine groups is 1. The van der Waals surface area contributed by atoms with E-state index >= 15 is 0 Å². The van der Waals surface area contributed by atoms with Crippen LogP contribution in [0.25, 0.3) is 0 Å². The number of esters is 1. The van der Waals surface area contributed by atoms with Gasteiger partial charge in [0.1, 0.15) is 5.75 Å². The number of rotatable bonds is 9. The molecule has 12 heteroatoms. The van der Waals surface area contributed by atoms with E-state index in [1.54, 1.807) is 26.0 Å². The number of aromatic nitrogens is 1. The van der Waals surface area contributed by atoms with Crippen LogP contribution in [0.2, 0.25) is 0 Å². The molecule has 0 spiro atoms. The Morgan fingerprint density at radius 2 is 1.55 bits per heavy atom. The molecule has 2 aliphatic carbocycles. The summed E-state index contributed by atoms with van der Waals surface area (Å²) in [6.45, 7) is 2.62. The fourth-order valence-electron chi connectivity index (χ4n) is 4.26. The van der Waals surface area contributed by atoms with Crippen molar-refractivity contribution in [3.8, 4) is 5.75 Å². The predicted octanol–water partition coefficient (Wildman–Crippen LogP) is 3.90. The van der Waals surface area contributed by atoms with Gasteiger partial charge in [0.05, 0.1) is 22.5 Å². The van der Waals surface area contributed by atoms with Gasteiger partial charge < -0.3 is 30.2 Å². The molecule has 2 saturated carbocycles. The first-order valence-electron chi connectivity index (χ1n) is 13.5. The zero-order chi connectivity index (χ0) is 30.0. The van der Waals surface area contributed by atoms with Crippen LogP contribution in [0.3, 0.4) is 0 Å². The number of nitrogens with zero attached hydrogens (tertiary/aromatic N) is 1. The number of anilines is 1. The lowest BCUT2D eigenvalue weighted by Crippen LogP contribution is -2.39. The second kappa shape index (κ2) is 11.8. The number of benzene rings is 2. The van der Waals surface area contributed by atoms with Crippen LogP contribution >= 0.6 is 0 Å². The van der Waals surface area contributed by atoms with E-state index in [1.165, 1.54) is 36.5 Å². The van der Waals surface area contributed by atoms with E-state index in [1.807, 2.05) is 0 Å². The van der Waals surface area contributed by atoms with Gasteiger partial charge in [-0.15, -0.1) is 0 Å². The largest absolute Gasteiger partial charge is 0.508 e. The molecule has 2 aromatic carbocycles. The Bertz CT molecular complexity index is 1550. The van der Waals surface area contributed by atoms with Gasteiger partial charge >= 0.3 is 12.1 Å². The molecule has 0 atom stereocenters. The maximum Gasteiger partial charge on any atom is 0.423 e. The summed E-state index contributed by atoms with van der Waals surface area (Å²) in [6.07, 6.45) is 4.07. The smallest absolute Gasteiger partial charge is 0.423 e. The second-order valence-electron chi connectivity index (χ2n) is 10.4. The molecule has 1 heterocycles. The quantitative estimate of drug-likeness (QED) is 0.112. The van der Waals surface area contributed by atoms with Crippen molar-refractivity contribution in [3.63, 3.8) is 0 Å². The van der Waals surface area contributed by atoms with Crippen molar-refractivity contribution >= 4 is 35.4 Å². The molecule has 3 aromatic rings. The highest BCUT2D eigenvalue weighted by Gasteiger charge is 2.31. The van der Waals surface area contributed by atoms with E-state index in [0.717, 1.165) is 30.6 Å². The van der Waals surface area contributed by atoms with Crippen LogP contribution in [-0.2, 0) is 9.47 Å². The number of hydrogen-bond acceptors (Lipinski definition) is 8. The minimum Gasteiger partial charge on any atom is -0.508 e. The van der Waals surface area contributed by atoms with E-state index in [0.29, 0.717) is 22.3 Å². The number of nitrogens with one attached hydrogen (secondary N) is 4. The van der Waals surface area contributed by atoms with Gasteiger partial charge in [-0.3, -0.25) is 15.0 Å². The van der Waals surface area contributed by atoms with Gasteiger partial charge in [-0.2, -0.15) is 0 Å². The summed E-state index contributed by atoms with van der Waals surface area (Å²) in [6, 6.07) is 10.4. The molecule has 218 valence electrons. The fourth-order valence-corrected chi connectivity index (χ4v) is 4.26. The lowest BCUT2D eigenvalue weighted by atomic mass is 10.1. The number of amides is 3. The molecular formula is C30H31N5O7. The molecule has 3 amide bonds. The van der Waals surface area contributed by atoms with E-state index in [-0.39, 0.29) is 52.4 Å². The monoisotopic (exact) mass is 573 g/mol. The molecule has 1 aromatic heterocycles. The highest BCUT2D eigenvalue weighted by atomic mass is 16.7. The number of phenols is 1. The first-order valence-corrected chi connectivity index (χ1v) is 13.5. The molecule has 2 fully saturated rings. The number of carbonyl (C=O) groups is 4. The van der Waals surface area contributed by atoms with E-state index in [2.05, 4.69) is 15.6 Å². The molecule has 42 heavy (non-hydrogen) atoms. The van der Waals surface area contributed by atoms with Gasteiger partial charge in [0.25, 0.3) is 11.8 Å². The Hall–Kier alpha value is -5.13. The molecule has 0 saturated heterocycles. The number of ether oxygens (including phenoxy) is 2.